The minimum atomic E-state index is -1.05. The first-order valence-corrected chi connectivity index (χ1v) is 18.4. The van der Waals surface area contributed by atoms with Crippen LogP contribution in [-0.4, -0.2) is 103 Å². The Labute approximate surface area is 314 Å². The Balaban J connectivity index is 0.00000435. The molecule has 3 fully saturated rings. The minimum Gasteiger partial charge on any atom is -0.388 e. The third-order valence-corrected chi connectivity index (χ3v) is 10.9. The van der Waals surface area contributed by atoms with E-state index in [0.717, 1.165) is 37.9 Å². The van der Waals surface area contributed by atoms with Gasteiger partial charge in [-0.05, 0) is 48.9 Å². The van der Waals surface area contributed by atoms with Gasteiger partial charge in [0.25, 0.3) is 0 Å². The zero-order valence-corrected chi connectivity index (χ0v) is 30.6. The molecule has 0 bridgehead atoms. The summed E-state index contributed by atoms with van der Waals surface area (Å²) in [7, 11) is 0. The Kier molecular flexibility index (Phi) is 11.1. The van der Waals surface area contributed by atoms with Crippen LogP contribution in [0.4, 0.5) is 16.6 Å². The third-order valence-electron chi connectivity index (χ3n) is 10.9. The average Bonchev–Trinajstić information content (AvgIpc) is 4.02. The van der Waals surface area contributed by atoms with Gasteiger partial charge in [0.05, 0.1) is 24.6 Å². The maximum absolute atomic E-state index is 12.8. The van der Waals surface area contributed by atoms with E-state index in [1.807, 2.05) is 29.1 Å². The second-order valence-corrected chi connectivity index (χ2v) is 14.2. The number of aryl methyl sites for hydroxylation is 1. The summed E-state index contributed by atoms with van der Waals surface area (Å²) in [5, 5.41) is 40.3. The van der Waals surface area contributed by atoms with E-state index in [1.165, 1.54) is 11.1 Å². The van der Waals surface area contributed by atoms with Crippen molar-refractivity contribution < 1.29 is 15.0 Å². The highest BCUT2D eigenvalue weighted by atomic mass is 35.5. The number of urea groups is 1. The molecule has 14 nitrogen and oxygen atoms in total. The number of anilines is 2. The summed E-state index contributed by atoms with van der Waals surface area (Å²) in [6, 6.07) is 19.8. The zero-order valence-electron chi connectivity index (χ0n) is 29.8. The Morgan fingerprint density at radius 3 is 2.36 bits per heavy atom. The van der Waals surface area contributed by atoms with Crippen LogP contribution in [0.15, 0.2) is 79.4 Å². The van der Waals surface area contributed by atoms with Crippen molar-refractivity contribution >= 4 is 41.4 Å². The monoisotopic (exact) mass is 741 g/mol. The molecule has 8 rings (SSSR count). The van der Waals surface area contributed by atoms with E-state index < -0.39 is 24.3 Å². The van der Waals surface area contributed by atoms with Gasteiger partial charge >= 0.3 is 6.03 Å². The van der Waals surface area contributed by atoms with E-state index >= 15 is 0 Å². The van der Waals surface area contributed by atoms with Crippen LogP contribution in [0, 0.1) is 0 Å². The summed E-state index contributed by atoms with van der Waals surface area (Å²) >= 11 is 0. The van der Waals surface area contributed by atoms with Crippen LogP contribution in [0.25, 0.3) is 11.2 Å². The molecule has 0 radical (unpaired) electrons. The van der Waals surface area contributed by atoms with Gasteiger partial charge in [0, 0.05) is 50.4 Å². The molecule has 2 aliphatic heterocycles. The van der Waals surface area contributed by atoms with Crippen molar-refractivity contribution in [2.45, 2.75) is 74.9 Å². The number of fused-ring (bicyclic) bond motifs is 1. The number of nitrogens with zero attached hydrogens (tertiary/aromatic N) is 7. The number of aliphatic hydroxyl groups is 2. The molecule has 2 amide bonds. The predicted octanol–water partition coefficient (Wildman–Crippen LogP) is 3.40. The highest BCUT2D eigenvalue weighted by molar-refractivity contribution is 5.85. The molecule has 1 saturated carbocycles. The van der Waals surface area contributed by atoms with Crippen LogP contribution in [-0.2, 0) is 6.42 Å². The van der Waals surface area contributed by atoms with Gasteiger partial charge in [-0.25, -0.2) is 9.78 Å². The third kappa shape index (κ3) is 7.67. The van der Waals surface area contributed by atoms with E-state index in [1.54, 1.807) is 11.0 Å². The molecule has 0 unspecified atom stereocenters. The van der Waals surface area contributed by atoms with Crippen molar-refractivity contribution in [2.24, 2.45) is 0 Å². The number of imidazole rings is 1. The number of halogens is 1. The molecule has 2 saturated heterocycles. The molecule has 2 aromatic carbocycles. The van der Waals surface area contributed by atoms with Gasteiger partial charge in [0.15, 0.2) is 17.0 Å². The van der Waals surface area contributed by atoms with Gasteiger partial charge < -0.3 is 40.9 Å². The molecular weight excluding hydrogens is 694 g/mol. The highest BCUT2D eigenvalue weighted by Gasteiger charge is 2.44. The molecule has 3 aliphatic rings. The highest BCUT2D eigenvalue weighted by Crippen LogP contribution is 2.40. The normalized spacial score (nSPS) is 24.1. The quantitative estimate of drug-likeness (QED) is 0.118. The summed E-state index contributed by atoms with van der Waals surface area (Å²) in [6.45, 7) is 5.53. The lowest BCUT2D eigenvalue weighted by atomic mass is 9.91. The topological polar surface area (TPSA) is 170 Å². The SMILES string of the molecule is CCc1cnn([C@H]2C[C@@H](n3cnc4c(NCC(c5ccccc5)c5ccccc5)nc(N5CC[C@@H](NC(=O)N[C@@H]6CCNC6)C5)nc43)[C@H](O)[C@@H]2O)c1.Cl. The maximum Gasteiger partial charge on any atom is 0.315 e. The largest absolute Gasteiger partial charge is 0.388 e. The fourth-order valence-corrected chi connectivity index (χ4v) is 7.93. The molecule has 6 N–H and O–H groups in total. The van der Waals surface area contributed by atoms with Crippen molar-refractivity contribution in [3.8, 4) is 0 Å². The van der Waals surface area contributed by atoms with E-state index in [9.17, 15) is 15.0 Å². The van der Waals surface area contributed by atoms with Crippen LogP contribution >= 0.6 is 12.4 Å². The molecule has 53 heavy (non-hydrogen) atoms. The number of amides is 2. The second kappa shape index (κ2) is 16.1. The Hall–Kier alpha value is -4.76. The van der Waals surface area contributed by atoms with Crippen molar-refractivity contribution in [1.29, 1.82) is 0 Å². The fourth-order valence-electron chi connectivity index (χ4n) is 7.93. The lowest BCUT2D eigenvalue weighted by molar-refractivity contribution is 0.00721. The first-order chi connectivity index (χ1) is 25.4. The lowest BCUT2D eigenvalue weighted by Crippen LogP contribution is -2.47. The molecular formula is C38H48ClN11O3. The molecule has 0 spiro atoms. The number of aromatic nitrogens is 6. The summed E-state index contributed by atoms with van der Waals surface area (Å²) in [6.07, 6.45) is 6.34. The van der Waals surface area contributed by atoms with Crippen LogP contribution in [0.5, 0.6) is 0 Å². The predicted molar refractivity (Wildman–Crippen MR) is 206 cm³/mol. The van der Waals surface area contributed by atoms with E-state index in [2.05, 4.69) is 86.7 Å². The van der Waals surface area contributed by atoms with Crippen LogP contribution < -0.4 is 26.2 Å². The van der Waals surface area contributed by atoms with Gasteiger partial charge in [-0.3, -0.25) is 4.68 Å². The van der Waals surface area contributed by atoms with Crippen LogP contribution in [0.3, 0.4) is 0 Å². The molecule has 1 aliphatic carbocycles. The average molecular weight is 742 g/mol. The number of hydrogen-bond donors (Lipinski definition) is 6. The molecule has 6 atom stereocenters. The molecule has 3 aromatic heterocycles. The standard InChI is InChI=1S/C38H47N11O3.ClH/c1-2-24-18-42-49(21-24)31-17-30(33(50)34(31)51)48-23-41-32-35(40-20-29(25-9-5-3-6-10-25)26-11-7-4-8-12-26)45-37(46-36(32)48)47-16-14-28(22-47)44-38(52)43-27-13-15-39-19-27;/h3-12,18,21,23,27-31,33-34,39,50-51H,2,13-17,19-20,22H2,1H3,(H,40,45,46)(H2,43,44,52);1H/t27-,28-,30-,31+,33+,34-;/m1./s1. The Morgan fingerprint density at radius 2 is 1.68 bits per heavy atom. The van der Waals surface area contributed by atoms with Crippen molar-refractivity contribution in [3.05, 3.63) is 96.1 Å². The van der Waals surface area contributed by atoms with Crippen LogP contribution in [0.1, 0.15) is 60.9 Å². The summed E-state index contributed by atoms with van der Waals surface area (Å²) in [5.41, 5.74) is 4.58. The molecule has 5 aromatic rings. The van der Waals surface area contributed by atoms with Gasteiger partial charge in [-0.2, -0.15) is 15.1 Å². The van der Waals surface area contributed by atoms with E-state index in [-0.39, 0.29) is 36.4 Å². The second-order valence-electron chi connectivity index (χ2n) is 14.2. The zero-order chi connectivity index (χ0) is 35.6. The number of carbonyl (C=O) groups excluding carboxylic acids is 1. The number of nitrogens with one attached hydrogen (secondary N) is 4. The lowest BCUT2D eigenvalue weighted by Gasteiger charge is -2.22. The minimum absolute atomic E-state index is 0. The smallest absolute Gasteiger partial charge is 0.315 e. The van der Waals surface area contributed by atoms with Gasteiger partial charge in [-0.15, -0.1) is 12.4 Å². The number of rotatable bonds is 11. The van der Waals surface area contributed by atoms with Crippen molar-refractivity contribution in [2.75, 3.05) is 42.9 Å². The van der Waals surface area contributed by atoms with Crippen molar-refractivity contribution in [1.82, 2.24) is 45.2 Å². The summed E-state index contributed by atoms with van der Waals surface area (Å²) < 4.78 is 3.65. The molecule has 5 heterocycles. The van der Waals surface area contributed by atoms with E-state index in [0.29, 0.717) is 49.0 Å². The summed E-state index contributed by atoms with van der Waals surface area (Å²) in [5.74, 6) is 1.14. The molecule has 15 heteroatoms. The number of benzene rings is 2. The summed E-state index contributed by atoms with van der Waals surface area (Å²) in [4.78, 5) is 29.8. The fraction of sp³-hybridized carbons (Fsp3) is 0.447. The number of aliphatic hydroxyl groups excluding tert-OH is 2. The van der Waals surface area contributed by atoms with Gasteiger partial charge in [0.2, 0.25) is 5.95 Å². The van der Waals surface area contributed by atoms with Crippen molar-refractivity contribution in [3.63, 3.8) is 0 Å². The van der Waals surface area contributed by atoms with Crippen LogP contribution in [0.2, 0.25) is 0 Å². The Morgan fingerprint density at radius 1 is 0.962 bits per heavy atom. The maximum atomic E-state index is 12.8. The Bertz CT molecular complexity index is 1930. The first kappa shape index (κ1) is 36.6. The van der Waals surface area contributed by atoms with Gasteiger partial charge in [-0.1, -0.05) is 67.6 Å². The number of carbonyl (C=O) groups is 1. The first-order valence-electron chi connectivity index (χ1n) is 18.4. The number of hydrogen-bond acceptors (Lipinski definition) is 10. The van der Waals surface area contributed by atoms with E-state index in [4.69, 9.17) is 15.0 Å². The van der Waals surface area contributed by atoms with Gasteiger partial charge in [0.1, 0.15) is 12.2 Å². The molecule has 280 valence electrons.